The first-order valence-electron chi connectivity index (χ1n) is 9.85. The molecule has 168 valence electrons. The highest BCUT2D eigenvalue weighted by Gasteiger charge is 2.31. The van der Waals surface area contributed by atoms with Crippen LogP contribution >= 0.6 is 11.6 Å². The quantitative estimate of drug-likeness (QED) is 0.676. The standard InChI is InChI=1S/C21H26ClN3O5S/c1-29-18-8-7-16(15-19(18)30-2)9-10-23-21(26)24-11-13-25(14-12-24)31(27,28)20-6-4-3-5-17(20)22/h3-8,15H,9-14H2,1-2H3,(H,23,26). The van der Waals surface area contributed by atoms with Gasteiger partial charge in [-0.1, -0.05) is 29.8 Å². The maximum Gasteiger partial charge on any atom is 0.317 e. The van der Waals surface area contributed by atoms with Crippen molar-refractivity contribution in [3.8, 4) is 11.5 Å². The van der Waals surface area contributed by atoms with Crippen LogP contribution < -0.4 is 14.8 Å². The monoisotopic (exact) mass is 467 g/mol. The zero-order valence-electron chi connectivity index (χ0n) is 17.5. The Labute approximate surface area is 187 Å². The third-order valence-corrected chi connectivity index (χ3v) is 7.52. The topological polar surface area (TPSA) is 88.2 Å². The summed E-state index contributed by atoms with van der Waals surface area (Å²) in [6.45, 7) is 1.51. The predicted molar refractivity (Wildman–Crippen MR) is 118 cm³/mol. The minimum Gasteiger partial charge on any atom is -0.493 e. The number of benzene rings is 2. The van der Waals surface area contributed by atoms with Crippen LogP contribution in [-0.2, 0) is 16.4 Å². The maximum atomic E-state index is 12.8. The molecule has 2 aromatic carbocycles. The van der Waals surface area contributed by atoms with Crippen molar-refractivity contribution >= 4 is 27.7 Å². The van der Waals surface area contributed by atoms with Crippen LogP contribution in [0.3, 0.4) is 0 Å². The summed E-state index contributed by atoms with van der Waals surface area (Å²) >= 11 is 6.06. The minimum absolute atomic E-state index is 0.0875. The van der Waals surface area contributed by atoms with E-state index in [0.717, 1.165) is 5.56 Å². The highest BCUT2D eigenvalue weighted by Crippen LogP contribution is 2.28. The first kappa shape index (κ1) is 23.2. The number of carbonyl (C=O) groups is 1. The summed E-state index contributed by atoms with van der Waals surface area (Å²) in [6, 6.07) is 11.8. The van der Waals surface area contributed by atoms with Crippen molar-refractivity contribution in [2.75, 3.05) is 46.9 Å². The van der Waals surface area contributed by atoms with E-state index in [0.29, 0.717) is 37.6 Å². The largest absolute Gasteiger partial charge is 0.493 e. The number of nitrogens with one attached hydrogen (secondary N) is 1. The molecule has 0 bridgehead atoms. The van der Waals surface area contributed by atoms with E-state index in [-0.39, 0.29) is 29.0 Å². The number of hydrogen-bond donors (Lipinski definition) is 1. The van der Waals surface area contributed by atoms with Crippen molar-refractivity contribution in [2.24, 2.45) is 0 Å². The summed E-state index contributed by atoms with van der Waals surface area (Å²) in [5, 5.41) is 3.08. The van der Waals surface area contributed by atoms with Crippen molar-refractivity contribution in [3.05, 3.63) is 53.1 Å². The Hall–Kier alpha value is -2.49. The molecule has 0 radical (unpaired) electrons. The number of nitrogens with zero attached hydrogens (tertiary/aromatic N) is 2. The molecule has 1 heterocycles. The molecule has 1 aliphatic rings. The van der Waals surface area contributed by atoms with Gasteiger partial charge in [0.25, 0.3) is 0 Å². The number of rotatable bonds is 7. The molecule has 0 aromatic heterocycles. The van der Waals surface area contributed by atoms with Crippen LogP contribution in [0, 0.1) is 0 Å². The van der Waals surface area contributed by atoms with Gasteiger partial charge < -0.3 is 19.7 Å². The summed E-state index contributed by atoms with van der Waals surface area (Å²) < 4.78 is 37.5. The lowest BCUT2D eigenvalue weighted by Gasteiger charge is -2.34. The average molecular weight is 468 g/mol. The fraction of sp³-hybridized carbons (Fsp3) is 0.381. The number of amides is 2. The van der Waals surface area contributed by atoms with E-state index < -0.39 is 10.0 Å². The van der Waals surface area contributed by atoms with Crippen molar-refractivity contribution < 1.29 is 22.7 Å². The van der Waals surface area contributed by atoms with Gasteiger partial charge in [-0.05, 0) is 36.2 Å². The number of methoxy groups -OCH3 is 2. The smallest absolute Gasteiger partial charge is 0.317 e. The molecular formula is C21H26ClN3O5S. The Morgan fingerprint density at radius 1 is 1.03 bits per heavy atom. The number of piperazine rings is 1. The highest BCUT2D eigenvalue weighted by molar-refractivity contribution is 7.89. The normalized spacial score (nSPS) is 14.9. The van der Waals surface area contributed by atoms with Crippen LogP contribution in [0.15, 0.2) is 47.4 Å². The molecule has 0 saturated carbocycles. The van der Waals surface area contributed by atoms with Gasteiger partial charge in [-0.3, -0.25) is 0 Å². The average Bonchev–Trinajstić information content (AvgIpc) is 2.79. The van der Waals surface area contributed by atoms with Crippen molar-refractivity contribution in [1.82, 2.24) is 14.5 Å². The lowest BCUT2D eigenvalue weighted by Crippen LogP contribution is -2.53. The fourth-order valence-electron chi connectivity index (χ4n) is 3.39. The van der Waals surface area contributed by atoms with Gasteiger partial charge in [0.05, 0.1) is 19.2 Å². The van der Waals surface area contributed by atoms with Crippen LogP contribution in [0.1, 0.15) is 5.56 Å². The van der Waals surface area contributed by atoms with E-state index in [1.807, 2.05) is 18.2 Å². The van der Waals surface area contributed by atoms with E-state index in [4.69, 9.17) is 21.1 Å². The molecule has 31 heavy (non-hydrogen) atoms. The van der Waals surface area contributed by atoms with Gasteiger partial charge >= 0.3 is 6.03 Å². The van der Waals surface area contributed by atoms with E-state index >= 15 is 0 Å². The van der Waals surface area contributed by atoms with Gasteiger partial charge in [0, 0.05) is 32.7 Å². The third kappa shape index (κ3) is 5.41. The second-order valence-electron chi connectivity index (χ2n) is 6.99. The molecule has 2 amide bonds. The lowest BCUT2D eigenvalue weighted by atomic mass is 10.1. The van der Waals surface area contributed by atoms with E-state index in [2.05, 4.69) is 5.32 Å². The summed E-state index contributed by atoms with van der Waals surface area (Å²) in [5.74, 6) is 1.29. The Morgan fingerprint density at radius 3 is 2.35 bits per heavy atom. The van der Waals surface area contributed by atoms with E-state index in [1.54, 1.807) is 37.3 Å². The molecule has 1 aliphatic heterocycles. The molecule has 10 heteroatoms. The first-order valence-corrected chi connectivity index (χ1v) is 11.7. The second-order valence-corrected chi connectivity index (χ2v) is 9.31. The van der Waals surface area contributed by atoms with E-state index in [9.17, 15) is 13.2 Å². The second kappa shape index (κ2) is 10.2. The number of urea groups is 1. The Morgan fingerprint density at radius 2 is 1.71 bits per heavy atom. The lowest BCUT2D eigenvalue weighted by molar-refractivity contribution is 0.172. The number of carbonyl (C=O) groups excluding carboxylic acids is 1. The highest BCUT2D eigenvalue weighted by atomic mass is 35.5. The summed E-state index contributed by atoms with van der Waals surface area (Å²) in [7, 11) is -0.527. The number of hydrogen-bond acceptors (Lipinski definition) is 5. The molecule has 1 saturated heterocycles. The molecule has 1 fully saturated rings. The van der Waals surface area contributed by atoms with Gasteiger partial charge in [0.1, 0.15) is 4.90 Å². The van der Waals surface area contributed by atoms with Crippen molar-refractivity contribution in [2.45, 2.75) is 11.3 Å². The molecule has 2 aromatic rings. The van der Waals surface area contributed by atoms with E-state index in [1.165, 1.54) is 10.4 Å². The van der Waals surface area contributed by atoms with Crippen molar-refractivity contribution in [3.63, 3.8) is 0 Å². The minimum atomic E-state index is -3.69. The summed E-state index contributed by atoms with van der Waals surface area (Å²) in [4.78, 5) is 14.2. The third-order valence-electron chi connectivity index (χ3n) is 5.12. The molecule has 0 unspecified atom stereocenters. The molecule has 1 N–H and O–H groups in total. The maximum absolute atomic E-state index is 12.8. The van der Waals surface area contributed by atoms with Crippen LogP contribution in [-0.4, -0.2) is 70.6 Å². The first-order chi connectivity index (χ1) is 14.9. The Balaban J connectivity index is 1.50. The number of sulfonamides is 1. The molecule has 8 nitrogen and oxygen atoms in total. The van der Waals surface area contributed by atoms with Crippen LogP contribution in [0.25, 0.3) is 0 Å². The van der Waals surface area contributed by atoms with Gasteiger partial charge in [0.15, 0.2) is 11.5 Å². The molecule has 0 spiro atoms. The zero-order chi connectivity index (χ0) is 22.4. The Kier molecular flexibility index (Phi) is 7.64. The van der Waals surface area contributed by atoms with Crippen LogP contribution in [0.5, 0.6) is 11.5 Å². The van der Waals surface area contributed by atoms with Gasteiger partial charge in [0.2, 0.25) is 10.0 Å². The van der Waals surface area contributed by atoms with Crippen LogP contribution in [0.4, 0.5) is 4.79 Å². The van der Waals surface area contributed by atoms with Crippen LogP contribution in [0.2, 0.25) is 5.02 Å². The summed E-state index contributed by atoms with van der Waals surface area (Å²) in [5.41, 5.74) is 1.01. The molecule has 3 rings (SSSR count). The van der Waals surface area contributed by atoms with Gasteiger partial charge in [-0.25, -0.2) is 13.2 Å². The van der Waals surface area contributed by atoms with Crippen molar-refractivity contribution in [1.29, 1.82) is 0 Å². The molecule has 0 aliphatic carbocycles. The fourth-order valence-corrected chi connectivity index (χ4v) is 5.30. The van der Waals surface area contributed by atoms with Gasteiger partial charge in [-0.2, -0.15) is 4.31 Å². The SMILES string of the molecule is COc1ccc(CCNC(=O)N2CCN(S(=O)(=O)c3ccccc3Cl)CC2)cc1OC. The predicted octanol–water partition coefficient (Wildman–Crippen LogP) is 2.62. The Bertz CT molecular complexity index is 1020. The number of ether oxygens (including phenoxy) is 2. The summed E-state index contributed by atoms with van der Waals surface area (Å²) in [6.07, 6.45) is 0.632. The molecular weight excluding hydrogens is 442 g/mol. The molecule has 0 atom stereocenters. The number of halogens is 1. The zero-order valence-corrected chi connectivity index (χ0v) is 19.1. The van der Waals surface area contributed by atoms with Gasteiger partial charge in [-0.15, -0.1) is 0 Å².